The number of nitrogens with one attached hydrogen (secondary N) is 2. The average molecular weight is 418 g/mol. The Morgan fingerprint density at radius 2 is 2.03 bits per heavy atom. The van der Waals surface area contributed by atoms with Gasteiger partial charge in [-0.05, 0) is 32.5 Å². The molecular weight excluding hydrogens is 386 g/mol. The molecule has 2 aromatic rings. The number of benzene rings is 1. The first-order valence-electron chi connectivity index (χ1n) is 10.3. The van der Waals surface area contributed by atoms with E-state index in [4.69, 9.17) is 4.74 Å². The smallest absolute Gasteiger partial charge is 0.319 e. The Hall–Kier alpha value is -2.32. The lowest BCUT2D eigenvalue weighted by atomic mass is 10.2. The van der Waals surface area contributed by atoms with Gasteiger partial charge >= 0.3 is 6.03 Å². The molecule has 2 N–H and O–H groups in total. The van der Waals surface area contributed by atoms with Gasteiger partial charge in [-0.15, -0.1) is 11.3 Å². The van der Waals surface area contributed by atoms with Crippen LogP contribution in [-0.2, 0) is 12.8 Å². The van der Waals surface area contributed by atoms with Crippen molar-refractivity contribution in [2.75, 3.05) is 56.6 Å². The summed E-state index contributed by atoms with van der Waals surface area (Å²) < 4.78 is 5.79. The summed E-state index contributed by atoms with van der Waals surface area (Å²) in [6.45, 7) is 9.21. The van der Waals surface area contributed by atoms with Crippen molar-refractivity contribution in [3.8, 4) is 5.75 Å². The van der Waals surface area contributed by atoms with Crippen LogP contribution in [-0.4, -0.2) is 62.3 Å². The lowest BCUT2D eigenvalue weighted by Gasteiger charge is -2.34. The maximum Gasteiger partial charge on any atom is 0.319 e. The molecule has 0 bridgehead atoms. The zero-order chi connectivity index (χ0) is 20.6. The largest absolute Gasteiger partial charge is 0.492 e. The number of aromatic nitrogens is 1. The van der Waals surface area contributed by atoms with E-state index in [1.165, 1.54) is 0 Å². The standard InChI is InChI=1S/C21H31N5O2S/c1-4-20-23-16(15-29-20)8-9-22-21(27)24-18-7-6-17(14-19(18)28-5-2)26-12-10-25(3)11-13-26/h6-7,14-15H,4-5,8-13H2,1-3H3,(H2,22,24,27). The summed E-state index contributed by atoms with van der Waals surface area (Å²) in [4.78, 5) is 21.5. The van der Waals surface area contributed by atoms with Crippen molar-refractivity contribution in [1.29, 1.82) is 0 Å². The molecule has 0 unspecified atom stereocenters. The van der Waals surface area contributed by atoms with Crippen LogP contribution in [0.5, 0.6) is 5.75 Å². The predicted molar refractivity (Wildman–Crippen MR) is 120 cm³/mol. The normalized spacial score (nSPS) is 14.7. The first kappa shape index (κ1) is 21.4. The lowest BCUT2D eigenvalue weighted by molar-refractivity contribution is 0.252. The number of ether oxygens (including phenoxy) is 1. The molecule has 2 heterocycles. The van der Waals surface area contributed by atoms with Crippen LogP contribution in [0.1, 0.15) is 24.5 Å². The first-order chi connectivity index (χ1) is 14.1. The SMILES string of the molecule is CCOc1cc(N2CCN(C)CC2)ccc1NC(=O)NCCc1csc(CC)n1. The van der Waals surface area contributed by atoms with Crippen LogP contribution >= 0.6 is 11.3 Å². The molecule has 7 nitrogen and oxygen atoms in total. The number of piperazine rings is 1. The highest BCUT2D eigenvalue weighted by Gasteiger charge is 2.16. The van der Waals surface area contributed by atoms with E-state index in [-0.39, 0.29) is 6.03 Å². The number of carbonyl (C=O) groups is 1. The summed E-state index contributed by atoms with van der Waals surface area (Å²) in [5, 5.41) is 9.01. The van der Waals surface area contributed by atoms with Crippen LogP contribution in [0.3, 0.4) is 0 Å². The predicted octanol–water partition coefficient (Wildman–Crippen LogP) is 3.22. The van der Waals surface area contributed by atoms with E-state index in [1.54, 1.807) is 11.3 Å². The first-order valence-corrected chi connectivity index (χ1v) is 11.2. The third-order valence-corrected chi connectivity index (χ3v) is 5.99. The molecule has 1 aliphatic rings. The minimum Gasteiger partial charge on any atom is -0.492 e. The molecule has 1 aromatic heterocycles. The number of likely N-dealkylation sites (N-methyl/N-ethyl adjacent to an activating group) is 1. The third-order valence-electron chi connectivity index (χ3n) is 4.95. The van der Waals surface area contributed by atoms with Gasteiger partial charge in [-0.3, -0.25) is 0 Å². The van der Waals surface area contributed by atoms with Crippen LogP contribution in [0.4, 0.5) is 16.2 Å². The zero-order valence-electron chi connectivity index (χ0n) is 17.5. The maximum atomic E-state index is 12.3. The van der Waals surface area contributed by atoms with Crippen molar-refractivity contribution in [2.24, 2.45) is 0 Å². The topological polar surface area (TPSA) is 69.7 Å². The molecule has 8 heteroatoms. The van der Waals surface area contributed by atoms with Crippen molar-refractivity contribution < 1.29 is 9.53 Å². The number of aryl methyl sites for hydroxylation is 1. The highest BCUT2D eigenvalue weighted by Crippen LogP contribution is 2.30. The van der Waals surface area contributed by atoms with Gasteiger partial charge in [0, 0.05) is 56.3 Å². The Labute approximate surface area is 177 Å². The number of amides is 2. The van der Waals surface area contributed by atoms with Gasteiger partial charge in [0.15, 0.2) is 0 Å². The molecule has 0 atom stereocenters. The van der Waals surface area contributed by atoms with Gasteiger partial charge in [-0.25, -0.2) is 9.78 Å². The number of anilines is 2. The van der Waals surface area contributed by atoms with Gasteiger partial charge in [0.05, 0.1) is 23.0 Å². The van der Waals surface area contributed by atoms with Gasteiger partial charge in [-0.1, -0.05) is 6.92 Å². The summed E-state index contributed by atoms with van der Waals surface area (Å²) >= 11 is 1.67. The second kappa shape index (κ2) is 10.5. The minimum absolute atomic E-state index is 0.232. The number of hydrogen-bond acceptors (Lipinski definition) is 6. The van der Waals surface area contributed by atoms with Gasteiger partial charge in [0.1, 0.15) is 5.75 Å². The quantitative estimate of drug-likeness (QED) is 0.690. The molecule has 1 fully saturated rings. The van der Waals surface area contributed by atoms with Crippen molar-refractivity contribution >= 4 is 28.7 Å². The number of nitrogens with zero attached hydrogens (tertiary/aromatic N) is 3. The fourth-order valence-electron chi connectivity index (χ4n) is 3.25. The molecule has 0 spiro atoms. The molecule has 29 heavy (non-hydrogen) atoms. The fourth-order valence-corrected chi connectivity index (χ4v) is 4.03. The summed E-state index contributed by atoms with van der Waals surface area (Å²) in [7, 11) is 2.14. The Balaban J connectivity index is 1.56. The van der Waals surface area contributed by atoms with E-state index in [9.17, 15) is 4.79 Å². The molecule has 3 rings (SSSR count). The van der Waals surface area contributed by atoms with E-state index in [2.05, 4.69) is 44.8 Å². The van der Waals surface area contributed by atoms with E-state index in [0.717, 1.165) is 55.4 Å². The van der Waals surface area contributed by atoms with Gasteiger partial charge < -0.3 is 25.2 Å². The minimum atomic E-state index is -0.232. The summed E-state index contributed by atoms with van der Waals surface area (Å²) in [5.41, 5.74) is 2.84. The summed E-state index contributed by atoms with van der Waals surface area (Å²) in [6, 6.07) is 5.76. The zero-order valence-corrected chi connectivity index (χ0v) is 18.3. The highest BCUT2D eigenvalue weighted by molar-refractivity contribution is 7.09. The second-order valence-corrected chi connectivity index (χ2v) is 8.06. The van der Waals surface area contributed by atoms with Crippen LogP contribution < -0.4 is 20.3 Å². The average Bonchev–Trinajstić information content (AvgIpc) is 3.18. The maximum absolute atomic E-state index is 12.3. The molecule has 0 saturated carbocycles. The molecule has 1 saturated heterocycles. The molecule has 2 amide bonds. The highest BCUT2D eigenvalue weighted by atomic mass is 32.1. The number of urea groups is 1. The molecule has 0 aliphatic carbocycles. The molecule has 0 radical (unpaired) electrons. The Morgan fingerprint density at radius 3 is 2.72 bits per heavy atom. The van der Waals surface area contributed by atoms with Crippen molar-refractivity contribution in [3.05, 3.63) is 34.3 Å². The fraction of sp³-hybridized carbons (Fsp3) is 0.524. The second-order valence-electron chi connectivity index (χ2n) is 7.12. The Bertz CT molecular complexity index is 802. The van der Waals surface area contributed by atoms with Crippen molar-refractivity contribution in [1.82, 2.24) is 15.2 Å². The van der Waals surface area contributed by atoms with Crippen molar-refractivity contribution in [3.63, 3.8) is 0 Å². The van der Waals surface area contributed by atoms with E-state index in [1.807, 2.05) is 25.1 Å². The number of rotatable bonds is 8. The molecule has 1 aliphatic heterocycles. The number of hydrogen-bond donors (Lipinski definition) is 2. The van der Waals surface area contributed by atoms with Crippen molar-refractivity contribution in [2.45, 2.75) is 26.7 Å². The van der Waals surface area contributed by atoms with E-state index >= 15 is 0 Å². The molecule has 1 aromatic carbocycles. The number of thiazole rings is 1. The number of carbonyl (C=O) groups excluding carboxylic acids is 1. The summed E-state index contributed by atoms with van der Waals surface area (Å²) in [5.74, 6) is 0.700. The Kier molecular flexibility index (Phi) is 7.71. The molecule has 158 valence electrons. The van der Waals surface area contributed by atoms with E-state index < -0.39 is 0 Å². The van der Waals surface area contributed by atoms with Crippen LogP contribution in [0.15, 0.2) is 23.6 Å². The molecular formula is C21H31N5O2S. The summed E-state index contributed by atoms with van der Waals surface area (Å²) in [6.07, 6.45) is 1.67. The van der Waals surface area contributed by atoms with Gasteiger partial charge in [0.25, 0.3) is 0 Å². The van der Waals surface area contributed by atoms with Gasteiger partial charge in [-0.2, -0.15) is 0 Å². The Morgan fingerprint density at radius 1 is 1.24 bits per heavy atom. The van der Waals surface area contributed by atoms with Gasteiger partial charge in [0.2, 0.25) is 0 Å². The van der Waals surface area contributed by atoms with Crippen LogP contribution in [0, 0.1) is 0 Å². The third kappa shape index (κ3) is 6.08. The van der Waals surface area contributed by atoms with Crippen LogP contribution in [0.25, 0.3) is 0 Å². The monoisotopic (exact) mass is 417 g/mol. The van der Waals surface area contributed by atoms with Crippen LogP contribution in [0.2, 0.25) is 0 Å². The van der Waals surface area contributed by atoms with E-state index in [0.29, 0.717) is 24.6 Å². The lowest BCUT2D eigenvalue weighted by Crippen LogP contribution is -2.44.